The van der Waals surface area contributed by atoms with Gasteiger partial charge in [-0.3, -0.25) is 9.36 Å². The van der Waals surface area contributed by atoms with E-state index in [1.165, 1.54) is 11.8 Å². The number of thioether (sulfide) groups is 1. The fourth-order valence-electron chi connectivity index (χ4n) is 2.00. The van der Waals surface area contributed by atoms with Gasteiger partial charge < -0.3 is 10.1 Å². The van der Waals surface area contributed by atoms with Crippen LogP contribution in [0.1, 0.15) is 20.3 Å². The SMILES string of the molecule is COc1ccccc1-n1cnnc1SCC(=O)NCCC(C)C. The van der Waals surface area contributed by atoms with Crippen molar-refractivity contribution in [2.24, 2.45) is 5.92 Å². The number of rotatable bonds is 8. The van der Waals surface area contributed by atoms with Crippen molar-refractivity contribution < 1.29 is 9.53 Å². The highest BCUT2D eigenvalue weighted by molar-refractivity contribution is 7.99. The van der Waals surface area contributed by atoms with Crippen LogP contribution in [0.4, 0.5) is 0 Å². The fourth-order valence-corrected chi connectivity index (χ4v) is 2.75. The molecule has 0 saturated heterocycles. The van der Waals surface area contributed by atoms with E-state index in [2.05, 4.69) is 29.4 Å². The Hall–Kier alpha value is -2.02. The molecule has 0 aliphatic rings. The molecule has 0 aliphatic carbocycles. The molecular weight excluding hydrogens is 312 g/mol. The van der Waals surface area contributed by atoms with Crippen LogP contribution in [0.2, 0.25) is 0 Å². The van der Waals surface area contributed by atoms with Crippen LogP contribution in [0.15, 0.2) is 35.7 Å². The highest BCUT2D eigenvalue weighted by atomic mass is 32.2. The maximum atomic E-state index is 11.9. The molecule has 0 fully saturated rings. The second-order valence-corrected chi connectivity index (χ2v) is 6.42. The van der Waals surface area contributed by atoms with Gasteiger partial charge in [0.2, 0.25) is 5.91 Å². The maximum Gasteiger partial charge on any atom is 0.230 e. The maximum absolute atomic E-state index is 11.9. The Balaban J connectivity index is 1.98. The van der Waals surface area contributed by atoms with Gasteiger partial charge in [-0.1, -0.05) is 37.7 Å². The molecular formula is C16H22N4O2S. The number of para-hydroxylation sites is 2. The fraction of sp³-hybridized carbons (Fsp3) is 0.438. The van der Waals surface area contributed by atoms with Crippen molar-refractivity contribution in [3.8, 4) is 11.4 Å². The van der Waals surface area contributed by atoms with Crippen LogP contribution in [0.25, 0.3) is 5.69 Å². The summed E-state index contributed by atoms with van der Waals surface area (Å²) >= 11 is 1.36. The molecule has 23 heavy (non-hydrogen) atoms. The third-order valence-corrected chi connectivity index (χ3v) is 4.18. The van der Waals surface area contributed by atoms with E-state index in [4.69, 9.17) is 4.74 Å². The predicted octanol–water partition coefficient (Wildman–Crippen LogP) is 2.53. The monoisotopic (exact) mass is 334 g/mol. The van der Waals surface area contributed by atoms with Crippen molar-refractivity contribution in [3.05, 3.63) is 30.6 Å². The number of methoxy groups -OCH3 is 1. The zero-order valence-corrected chi connectivity index (χ0v) is 14.5. The molecule has 2 rings (SSSR count). The van der Waals surface area contributed by atoms with Crippen LogP contribution in [0.5, 0.6) is 5.75 Å². The van der Waals surface area contributed by atoms with Crippen LogP contribution in [0.3, 0.4) is 0 Å². The van der Waals surface area contributed by atoms with E-state index >= 15 is 0 Å². The van der Waals surface area contributed by atoms with Crippen molar-refractivity contribution in [1.29, 1.82) is 0 Å². The number of hydrogen-bond acceptors (Lipinski definition) is 5. The van der Waals surface area contributed by atoms with Gasteiger partial charge in [-0.25, -0.2) is 0 Å². The van der Waals surface area contributed by atoms with E-state index < -0.39 is 0 Å². The molecule has 0 unspecified atom stereocenters. The molecule has 0 aliphatic heterocycles. The zero-order valence-electron chi connectivity index (χ0n) is 13.7. The van der Waals surface area contributed by atoms with Gasteiger partial charge >= 0.3 is 0 Å². The summed E-state index contributed by atoms with van der Waals surface area (Å²) in [4.78, 5) is 11.9. The van der Waals surface area contributed by atoms with E-state index in [0.717, 1.165) is 17.9 Å². The Bertz CT molecular complexity index is 643. The van der Waals surface area contributed by atoms with E-state index in [9.17, 15) is 4.79 Å². The van der Waals surface area contributed by atoms with Crippen molar-refractivity contribution in [3.63, 3.8) is 0 Å². The molecule has 6 nitrogen and oxygen atoms in total. The molecule has 0 spiro atoms. The lowest BCUT2D eigenvalue weighted by molar-refractivity contribution is -0.118. The molecule has 1 aromatic heterocycles. The molecule has 0 saturated carbocycles. The van der Waals surface area contributed by atoms with Crippen molar-refractivity contribution >= 4 is 17.7 Å². The summed E-state index contributed by atoms with van der Waals surface area (Å²) in [6.07, 6.45) is 2.60. The third kappa shape index (κ3) is 4.99. The van der Waals surface area contributed by atoms with Crippen LogP contribution in [-0.2, 0) is 4.79 Å². The van der Waals surface area contributed by atoms with Gasteiger partial charge in [0.05, 0.1) is 18.6 Å². The molecule has 7 heteroatoms. The first-order valence-corrected chi connectivity index (χ1v) is 8.53. The van der Waals surface area contributed by atoms with Crippen molar-refractivity contribution in [2.75, 3.05) is 19.4 Å². The number of benzene rings is 1. The minimum atomic E-state index is 0.00484. The number of nitrogens with one attached hydrogen (secondary N) is 1. The molecule has 124 valence electrons. The van der Waals surface area contributed by atoms with Crippen LogP contribution < -0.4 is 10.1 Å². The van der Waals surface area contributed by atoms with Crippen LogP contribution >= 0.6 is 11.8 Å². The van der Waals surface area contributed by atoms with E-state index in [1.807, 2.05) is 28.8 Å². The predicted molar refractivity (Wildman–Crippen MR) is 91.1 cm³/mol. The molecule has 2 aromatic rings. The topological polar surface area (TPSA) is 69.0 Å². The number of nitrogens with zero attached hydrogens (tertiary/aromatic N) is 3. The first-order valence-electron chi connectivity index (χ1n) is 7.54. The van der Waals surface area contributed by atoms with Gasteiger partial charge in [0.25, 0.3) is 0 Å². The summed E-state index contributed by atoms with van der Waals surface area (Å²) in [7, 11) is 1.62. The minimum absolute atomic E-state index is 0.00484. The molecule has 0 atom stereocenters. The Kier molecular flexibility index (Phi) is 6.46. The minimum Gasteiger partial charge on any atom is -0.495 e. The van der Waals surface area contributed by atoms with Crippen LogP contribution in [0, 0.1) is 5.92 Å². The van der Waals surface area contributed by atoms with Crippen LogP contribution in [-0.4, -0.2) is 40.1 Å². The highest BCUT2D eigenvalue weighted by Crippen LogP contribution is 2.26. The summed E-state index contributed by atoms with van der Waals surface area (Å²) in [5.74, 6) is 1.63. The lowest BCUT2D eigenvalue weighted by Crippen LogP contribution is -2.27. The molecule has 1 heterocycles. The Labute approximate surface area is 140 Å². The summed E-state index contributed by atoms with van der Waals surface area (Å²) < 4.78 is 7.18. The number of carbonyl (C=O) groups excluding carboxylic acids is 1. The molecule has 1 N–H and O–H groups in total. The highest BCUT2D eigenvalue weighted by Gasteiger charge is 2.12. The normalized spacial score (nSPS) is 10.8. The number of carbonyl (C=O) groups is 1. The number of aromatic nitrogens is 3. The quantitative estimate of drug-likeness (QED) is 0.751. The first-order chi connectivity index (χ1) is 11.1. The van der Waals surface area contributed by atoms with Gasteiger partial charge in [-0.2, -0.15) is 0 Å². The summed E-state index contributed by atoms with van der Waals surface area (Å²) in [5, 5.41) is 11.6. The van der Waals surface area contributed by atoms with Gasteiger partial charge in [-0.05, 0) is 24.5 Å². The second kappa shape index (κ2) is 8.57. The number of amides is 1. The van der Waals surface area contributed by atoms with Crippen molar-refractivity contribution in [2.45, 2.75) is 25.4 Å². The molecule has 0 radical (unpaired) electrons. The lowest BCUT2D eigenvalue weighted by Gasteiger charge is -2.10. The van der Waals surface area contributed by atoms with E-state index in [-0.39, 0.29) is 5.91 Å². The smallest absolute Gasteiger partial charge is 0.230 e. The summed E-state index contributed by atoms with van der Waals surface area (Å²) in [6, 6.07) is 7.63. The molecule has 0 bridgehead atoms. The van der Waals surface area contributed by atoms with E-state index in [0.29, 0.717) is 23.4 Å². The van der Waals surface area contributed by atoms with Gasteiger partial charge in [-0.15, -0.1) is 10.2 Å². The third-order valence-electron chi connectivity index (χ3n) is 3.24. The average molecular weight is 334 g/mol. The number of hydrogen-bond donors (Lipinski definition) is 1. The number of ether oxygens (including phenoxy) is 1. The Morgan fingerprint density at radius 3 is 2.91 bits per heavy atom. The summed E-state index contributed by atoms with van der Waals surface area (Å²) in [6.45, 7) is 4.98. The largest absolute Gasteiger partial charge is 0.495 e. The van der Waals surface area contributed by atoms with Gasteiger partial charge in [0, 0.05) is 6.54 Å². The van der Waals surface area contributed by atoms with Crippen molar-refractivity contribution in [1.82, 2.24) is 20.1 Å². The first kappa shape index (κ1) is 17.3. The van der Waals surface area contributed by atoms with Gasteiger partial charge in [0.1, 0.15) is 12.1 Å². The molecule has 1 amide bonds. The second-order valence-electron chi connectivity index (χ2n) is 5.48. The Morgan fingerprint density at radius 1 is 1.39 bits per heavy atom. The molecule has 1 aromatic carbocycles. The Morgan fingerprint density at radius 2 is 2.17 bits per heavy atom. The summed E-state index contributed by atoms with van der Waals surface area (Å²) in [5.41, 5.74) is 0.850. The zero-order chi connectivity index (χ0) is 16.7. The standard InChI is InChI=1S/C16H22N4O2S/c1-12(2)8-9-17-15(21)10-23-16-19-18-11-20(16)13-6-4-5-7-14(13)22-3/h4-7,11-12H,8-10H2,1-3H3,(H,17,21). The van der Waals surface area contributed by atoms with E-state index in [1.54, 1.807) is 13.4 Å². The lowest BCUT2D eigenvalue weighted by atomic mass is 10.1. The van der Waals surface area contributed by atoms with Gasteiger partial charge in [0.15, 0.2) is 5.16 Å². The average Bonchev–Trinajstić information content (AvgIpc) is 3.00.